The van der Waals surface area contributed by atoms with Gasteiger partial charge >= 0.3 is 0 Å². The van der Waals surface area contributed by atoms with Gasteiger partial charge in [-0.25, -0.2) is 0 Å². The molecule has 0 radical (unpaired) electrons. The Balaban J connectivity index is 1.70. The molecule has 128 valence electrons. The summed E-state index contributed by atoms with van der Waals surface area (Å²) in [5.41, 5.74) is 6.96. The fraction of sp³-hybridized carbons (Fsp3) is 0.375. The van der Waals surface area contributed by atoms with Crippen LogP contribution in [-0.2, 0) is 0 Å². The molecule has 3 rings (SSSR count). The van der Waals surface area contributed by atoms with Crippen molar-refractivity contribution in [2.45, 2.75) is 13.0 Å². The van der Waals surface area contributed by atoms with Crippen molar-refractivity contribution in [1.82, 2.24) is 15.1 Å². The fourth-order valence-electron chi connectivity index (χ4n) is 2.91. The number of amides is 1. The molecule has 2 heterocycles. The van der Waals surface area contributed by atoms with E-state index in [0.29, 0.717) is 6.54 Å². The molecule has 0 spiro atoms. The third-order valence-corrected chi connectivity index (χ3v) is 4.65. The van der Waals surface area contributed by atoms with Crippen LogP contribution in [0.4, 0.5) is 11.5 Å². The van der Waals surface area contributed by atoms with Crippen LogP contribution in [0.2, 0.25) is 5.02 Å². The van der Waals surface area contributed by atoms with Crippen LogP contribution in [0.5, 0.6) is 5.75 Å². The van der Waals surface area contributed by atoms with E-state index < -0.39 is 0 Å². The number of anilines is 2. The number of hydrogen-bond acceptors (Lipinski definition) is 5. The monoisotopic (exact) mass is 349 g/mol. The Hall–Kier alpha value is -2.41. The number of nitrogens with two attached hydrogens (primary N) is 1. The number of piperazine rings is 1. The summed E-state index contributed by atoms with van der Waals surface area (Å²) in [6.45, 7) is 4.09. The number of aromatic amines is 1. The minimum atomic E-state index is -0.175. The molecule has 2 aromatic rings. The lowest BCUT2D eigenvalue weighted by atomic mass is 10.1. The van der Waals surface area contributed by atoms with Crippen molar-refractivity contribution in [3.05, 3.63) is 35.0 Å². The molecule has 0 unspecified atom stereocenters. The Labute approximate surface area is 145 Å². The molecule has 0 bridgehead atoms. The van der Waals surface area contributed by atoms with E-state index in [2.05, 4.69) is 15.1 Å². The zero-order chi connectivity index (χ0) is 17.3. The van der Waals surface area contributed by atoms with E-state index in [9.17, 15) is 4.79 Å². The molecular weight excluding hydrogens is 330 g/mol. The van der Waals surface area contributed by atoms with Crippen LogP contribution in [0.15, 0.2) is 24.3 Å². The van der Waals surface area contributed by atoms with E-state index in [1.165, 1.54) is 0 Å². The summed E-state index contributed by atoms with van der Waals surface area (Å²) in [6, 6.07) is 7.95. The molecule has 8 heteroatoms. The van der Waals surface area contributed by atoms with Crippen LogP contribution in [-0.4, -0.2) is 53.8 Å². The maximum atomic E-state index is 12.7. The third-order valence-electron chi connectivity index (χ3n) is 4.27. The Bertz CT molecular complexity index is 731. The van der Waals surface area contributed by atoms with Crippen LogP contribution >= 0.6 is 11.6 Å². The Morgan fingerprint density at radius 1 is 1.38 bits per heavy atom. The normalized spacial score (nSPS) is 17.9. The van der Waals surface area contributed by atoms with Gasteiger partial charge in [-0.2, -0.15) is 5.10 Å². The molecule has 1 amide bonds. The number of hydrogen-bond donors (Lipinski definition) is 2. The number of nitrogens with zero attached hydrogens (tertiary/aromatic N) is 3. The number of halogens is 1. The van der Waals surface area contributed by atoms with Crippen LogP contribution in [0.1, 0.15) is 17.4 Å². The summed E-state index contributed by atoms with van der Waals surface area (Å²) in [7, 11) is 1.65. The van der Waals surface area contributed by atoms with Gasteiger partial charge in [-0.1, -0.05) is 11.6 Å². The predicted molar refractivity (Wildman–Crippen MR) is 93.7 cm³/mol. The van der Waals surface area contributed by atoms with E-state index in [1.54, 1.807) is 12.0 Å². The zero-order valence-corrected chi connectivity index (χ0v) is 14.4. The van der Waals surface area contributed by atoms with Crippen LogP contribution < -0.4 is 15.4 Å². The predicted octanol–water partition coefficient (Wildman–Crippen LogP) is 2.00. The topological polar surface area (TPSA) is 87.5 Å². The number of H-pyrrole nitrogens is 1. The zero-order valence-electron chi connectivity index (χ0n) is 13.6. The summed E-state index contributed by atoms with van der Waals surface area (Å²) in [5.74, 6) is 0.794. The highest BCUT2D eigenvalue weighted by molar-refractivity contribution is 6.35. The van der Waals surface area contributed by atoms with Gasteiger partial charge in [0.25, 0.3) is 5.91 Å². The largest absolute Gasteiger partial charge is 0.497 e. The minimum absolute atomic E-state index is 0.0361. The van der Waals surface area contributed by atoms with Crippen molar-refractivity contribution in [2.24, 2.45) is 0 Å². The standard InChI is InChI=1S/C16H20ClN5O2/c1-10-9-21(11-3-5-12(24-2)6-4-11)7-8-22(10)16(23)14-13(17)15(18)20-19-14/h3-6,10H,7-9H2,1-2H3,(H3,18,19,20)/t10-/m0/s1. The van der Waals surface area contributed by atoms with Crippen molar-refractivity contribution in [1.29, 1.82) is 0 Å². The summed E-state index contributed by atoms with van der Waals surface area (Å²) in [4.78, 5) is 16.7. The van der Waals surface area contributed by atoms with Gasteiger partial charge < -0.3 is 20.3 Å². The highest BCUT2D eigenvalue weighted by Gasteiger charge is 2.30. The quantitative estimate of drug-likeness (QED) is 0.885. The van der Waals surface area contributed by atoms with E-state index >= 15 is 0 Å². The summed E-state index contributed by atoms with van der Waals surface area (Å²) < 4.78 is 5.18. The Morgan fingerprint density at radius 2 is 2.08 bits per heavy atom. The average Bonchev–Trinajstić information content (AvgIpc) is 2.93. The van der Waals surface area contributed by atoms with Gasteiger partial charge in [-0.05, 0) is 31.2 Å². The fourth-order valence-corrected chi connectivity index (χ4v) is 3.08. The maximum Gasteiger partial charge on any atom is 0.273 e. The van der Waals surface area contributed by atoms with Gasteiger partial charge in [0.2, 0.25) is 0 Å². The van der Waals surface area contributed by atoms with Gasteiger partial charge in [0.15, 0.2) is 5.82 Å². The number of methoxy groups -OCH3 is 1. The Morgan fingerprint density at radius 3 is 2.62 bits per heavy atom. The smallest absolute Gasteiger partial charge is 0.273 e. The molecule has 1 aliphatic rings. The number of nitrogens with one attached hydrogen (secondary N) is 1. The average molecular weight is 350 g/mol. The number of rotatable bonds is 3. The molecule has 1 aromatic carbocycles. The highest BCUT2D eigenvalue weighted by atomic mass is 35.5. The molecule has 24 heavy (non-hydrogen) atoms. The van der Waals surface area contributed by atoms with Crippen molar-refractivity contribution in [3.63, 3.8) is 0 Å². The van der Waals surface area contributed by atoms with Crippen LogP contribution in [0.3, 0.4) is 0 Å². The lowest BCUT2D eigenvalue weighted by Crippen LogP contribution is -2.54. The van der Waals surface area contributed by atoms with E-state index in [0.717, 1.165) is 24.5 Å². The SMILES string of the molecule is COc1ccc(N2CCN(C(=O)c3[nH]nc(N)c3Cl)[C@@H](C)C2)cc1. The molecule has 0 saturated carbocycles. The molecule has 1 aromatic heterocycles. The maximum absolute atomic E-state index is 12.7. The summed E-state index contributed by atoms with van der Waals surface area (Å²) in [5, 5.41) is 6.59. The second kappa shape index (κ2) is 6.60. The number of nitrogen functional groups attached to an aromatic ring is 1. The van der Waals surface area contributed by atoms with E-state index in [-0.39, 0.29) is 28.5 Å². The summed E-state index contributed by atoms with van der Waals surface area (Å²) in [6.07, 6.45) is 0. The van der Waals surface area contributed by atoms with Crippen molar-refractivity contribution < 1.29 is 9.53 Å². The summed E-state index contributed by atoms with van der Waals surface area (Å²) >= 11 is 6.04. The molecule has 1 atom stereocenters. The van der Waals surface area contributed by atoms with Crippen LogP contribution in [0, 0.1) is 0 Å². The highest BCUT2D eigenvalue weighted by Crippen LogP contribution is 2.25. The molecular formula is C16H20ClN5O2. The lowest BCUT2D eigenvalue weighted by molar-refractivity contribution is 0.0668. The van der Waals surface area contributed by atoms with Gasteiger partial charge in [-0.15, -0.1) is 0 Å². The first-order chi connectivity index (χ1) is 11.5. The van der Waals surface area contributed by atoms with Gasteiger partial charge in [0.1, 0.15) is 16.5 Å². The molecule has 1 aliphatic heterocycles. The van der Waals surface area contributed by atoms with Gasteiger partial charge in [0, 0.05) is 31.4 Å². The molecule has 1 saturated heterocycles. The minimum Gasteiger partial charge on any atom is -0.497 e. The van der Waals surface area contributed by atoms with Crippen LogP contribution in [0.25, 0.3) is 0 Å². The van der Waals surface area contributed by atoms with E-state index in [4.69, 9.17) is 22.1 Å². The van der Waals surface area contributed by atoms with E-state index in [1.807, 2.05) is 31.2 Å². The second-order valence-electron chi connectivity index (χ2n) is 5.79. The molecule has 1 fully saturated rings. The van der Waals surface area contributed by atoms with Crippen molar-refractivity contribution >= 4 is 29.0 Å². The number of carbonyl (C=O) groups is 1. The first-order valence-electron chi connectivity index (χ1n) is 7.70. The first-order valence-corrected chi connectivity index (χ1v) is 8.08. The number of ether oxygens (including phenoxy) is 1. The molecule has 0 aliphatic carbocycles. The lowest BCUT2D eigenvalue weighted by Gasteiger charge is -2.40. The number of aromatic nitrogens is 2. The van der Waals surface area contributed by atoms with Gasteiger partial charge in [0.05, 0.1) is 7.11 Å². The third kappa shape index (κ3) is 2.99. The van der Waals surface area contributed by atoms with Crippen molar-refractivity contribution in [2.75, 3.05) is 37.4 Å². The van der Waals surface area contributed by atoms with Gasteiger partial charge in [-0.3, -0.25) is 9.89 Å². The number of carbonyl (C=O) groups excluding carboxylic acids is 1. The first kappa shape index (κ1) is 16.4. The Kier molecular flexibility index (Phi) is 4.53. The molecule has 3 N–H and O–H groups in total. The number of benzene rings is 1. The second-order valence-corrected chi connectivity index (χ2v) is 6.17. The molecule has 7 nitrogen and oxygen atoms in total. The van der Waals surface area contributed by atoms with Crippen molar-refractivity contribution in [3.8, 4) is 5.75 Å².